The molecule has 3 N–H and O–H groups in total. The molecule has 1 aromatic carbocycles. The molecule has 0 amide bonds. The SMILES string of the molecule is CCN(CC)Cc1ccc(CNC2CCCC2CN)cc1. The van der Waals surface area contributed by atoms with Gasteiger partial charge in [0.05, 0.1) is 0 Å². The molecule has 1 aromatic rings. The Morgan fingerprint density at radius 2 is 1.76 bits per heavy atom. The van der Waals surface area contributed by atoms with Crippen molar-refractivity contribution in [1.82, 2.24) is 10.2 Å². The van der Waals surface area contributed by atoms with Crippen molar-refractivity contribution in [3.8, 4) is 0 Å². The van der Waals surface area contributed by atoms with Crippen molar-refractivity contribution in [2.45, 2.75) is 52.2 Å². The zero-order valence-electron chi connectivity index (χ0n) is 13.6. The minimum atomic E-state index is 0.616. The first kappa shape index (κ1) is 16.5. The first-order valence-electron chi connectivity index (χ1n) is 8.50. The van der Waals surface area contributed by atoms with Crippen LogP contribution in [0.15, 0.2) is 24.3 Å². The molecule has 2 rings (SSSR count). The highest BCUT2D eigenvalue weighted by molar-refractivity contribution is 5.22. The number of nitrogens with one attached hydrogen (secondary N) is 1. The van der Waals surface area contributed by atoms with Crippen LogP contribution in [0.4, 0.5) is 0 Å². The van der Waals surface area contributed by atoms with Crippen molar-refractivity contribution >= 4 is 0 Å². The minimum Gasteiger partial charge on any atom is -0.330 e. The van der Waals surface area contributed by atoms with Gasteiger partial charge in [0.1, 0.15) is 0 Å². The number of hydrogen-bond acceptors (Lipinski definition) is 3. The van der Waals surface area contributed by atoms with Gasteiger partial charge in [0, 0.05) is 19.1 Å². The molecule has 2 unspecified atom stereocenters. The van der Waals surface area contributed by atoms with Crippen LogP contribution < -0.4 is 11.1 Å². The Labute approximate surface area is 129 Å². The molecule has 0 aromatic heterocycles. The predicted octanol–water partition coefficient (Wildman–Crippen LogP) is 2.75. The third-order valence-corrected chi connectivity index (χ3v) is 4.85. The van der Waals surface area contributed by atoms with Gasteiger partial charge >= 0.3 is 0 Å². The van der Waals surface area contributed by atoms with Gasteiger partial charge in [0.2, 0.25) is 0 Å². The lowest BCUT2D eigenvalue weighted by molar-refractivity contribution is 0.296. The van der Waals surface area contributed by atoms with E-state index in [9.17, 15) is 0 Å². The first-order valence-corrected chi connectivity index (χ1v) is 8.50. The summed E-state index contributed by atoms with van der Waals surface area (Å²) < 4.78 is 0. The summed E-state index contributed by atoms with van der Waals surface area (Å²) in [5, 5.41) is 3.69. The van der Waals surface area contributed by atoms with Crippen molar-refractivity contribution in [1.29, 1.82) is 0 Å². The summed E-state index contributed by atoms with van der Waals surface area (Å²) in [6.45, 7) is 9.50. The number of nitrogens with zero attached hydrogens (tertiary/aromatic N) is 1. The fourth-order valence-electron chi connectivity index (χ4n) is 3.30. The standard InChI is InChI=1S/C18H31N3/c1-3-21(4-2)14-16-10-8-15(9-11-16)13-20-18-7-5-6-17(18)12-19/h8-11,17-18,20H,3-7,12-14,19H2,1-2H3. The lowest BCUT2D eigenvalue weighted by atomic mass is 10.0. The molecule has 3 heteroatoms. The van der Waals surface area contributed by atoms with Gasteiger partial charge in [-0.25, -0.2) is 0 Å². The molecule has 0 saturated heterocycles. The van der Waals surface area contributed by atoms with E-state index in [2.05, 4.69) is 48.3 Å². The van der Waals surface area contributed by atoms with Crippen LogP contribution in [-0.2, 0) is 13.1 Å². The van der Waals surface area contributed by atoms with Gasteiger partial charge in [0.15, 0.2) is 0 Å². The second-order valence-electron chi connectivity index (χ2n) is 6.19. The molecule has 0 radical (unpaired) electrons. The molecule has 3 nitrogen and oxygen atoms in total. The molecule has 1 fully saturated rings. The van der Waals surface area contributed by atoms with Gasteiger partial charge in [-0.2, -0.15) is 0 Å². The number of rotatable bonds is 8. The fourth-order valence-corrected chi connectivity index (χ4v) is 3.30. The van der Waals surface area contributed by atoms with Crippen molar-refractivity contribution in [2.24, 2.45) is 11.7 Å². The Morgan fingerprint density at radius 3 is 2.38 bits per heavy atom. The lowest BCUT2D eigenvalue weighted by Crippen LogP contribution is -2.35. The Bertz CT molecular complexity index is 397. The van der Waals surface area contributed by atoms with Gasteiger partial charge in [-0.1, -0.05) is 44.5 Å². The highest BCUT2D eigenvalue weighted by Gasteiger charge is 2.25. The van der Waals surface area contributed by atoms with Gasteiger partial charge in [-0.15, -0.1) is 0 Å². The summed E-state index contributed by atoms with van der Waals surface area (Å²) in [4.78, 5) is 2.44. The molecular weight excluding hydrogens is 258 g/mol. The smallest absolute Gasteiger partial charge is 0.0233 e. The molecule has 2 atom stereocenters. The van der Waals surface area contributed by atoms with Crippen LogP contribution in [0.25, 0.3) is 0 Å². The minimum absolute atomic E-state index is 0.616. The summed E-state index contributed by atoms with van der Waals surface area (Å²) in [5.74, 6) is 0.673. The van der Waals surface area contributed by atoms with E-state index in [1.165, 1.54) is 30.4 Å². The van der Waals surface area contributed by atoms with E-state index < -0.39 is 0 Å². The second kappa shape index (κ2) is 8.52. The zero-order chi connectivity index (χ0) is 15.1. The fraction of sp³-hybridized carbons (Fsp3) is 0.667. The van der Waals surface area contributed by atoms with Crippen molar-refractivity contribution in [3.05, 3.63) is 35.4 Å². The van der Waals surface area contributed by atoms with Gasteiger partial charge in [-0.3, -0.25) is 4.90 Å². The van der Waals surface area contributed by atoms with E-state index in [1.807, 2.05) is 0 Å². The molecule has 0 aliphatic heterocycles. The molecule has 21 heavy (non-hydrogen) atoms. The normalized spacial score (nSPS) is 22.1. The summed E-state index contributed by atoms with van der Waals surface area (Å²) >= 11 is 0. The summed E-state index contributed by atoms with van der Waals surface area (Å²) in [6.07, 6.45) is 3.89. The molecule has 118 valence electrons. The number of hydrogen-bond donors (Lipinski definition) is 2. The van der Waals surface area contributed by atoms with Crippen LogP contribution in [-0.4, -0.2) is 30.6 Å². The topological polar surface area (TPSA) is 41.3 Å². The molecule has 1 aliphatic rings. The monoisotopic (exact) mass is 289 g/mol. The van der Waals surface area contributed by atoms with E-state index in [-0.39, 0.29) is 0 Å². The average molecular weight is 289 g/mol. The number of nitrogens with two attached hydrogens (primary N) is 1. The third kappa shape index (κ3) is 4.80. The quantitative estimate of drug-likeness (QED) is 0.773. The van der Waals surface area contributed by atoms with Gasteiger partial charge in [0.25, 0.3) is 0 Å². The maximum Gasteiger partial charge on any atom is 0.0233 e. The third-order valence-electron chi connectivity index (χ3n) is 4.85. The van der Waals surface area contributed by atoms with Crippen LogP contribution in [0.5, 0.6) is 0 Å². The van der Waals surface area contributed by atoms with Gasteiger partial charge in [-0.05, 0) is 49.5 Å². The van der Waals surface area contributed by atoms with E-state index in [0.717, 1.165) is 32.7 Å². The Morgan fingerprint density at radius 1 is 1.10 bits per heavy atom. The first-order chi connectivity index (χ1) is 10.3. The van der Waals surface area contributed by atoms with Crippen molar-refractivity contribution in [3.63, 3.8) is 0 Å². The Balaban J connectivity index is 1.82. The summed E-state index contributed by atoms with van der Waals surface area (Å²) in [6, 6.07) is 9.68. The summed E-state index contributed by atoms with van der Waals surface area (Å²) in [5.41, 5.74) is 8.62. The van der Waals surface area contributed by atoms with Crippen molar-refractivity contribution < 1.29 is 0 Å². The van der Waals surface area contributed by atoms with Gasteiger partial charge < -0.3 is 11.1 Å². The lowest BCUT2D eigenvalue weighted by Gasteiger charge is -2.20. The second-order valence-corrected chi connectivity index (χ2v) is 6.19. The van der Waals surface area contributed by atoms with Crippen LogP contribution in [0.3, 0.4) is 0 Å². The van der Waals surface area contributed by atoms with Crippen LogP contribution in [0.2, 0.25) is 0 Å². The van der Waals surface area contributed by atoms with Crippen LogP contribution in [0, 0.1) is 5.92 Å². The molecule has 0 heterocycles. The Kier molecular flexibility index (Phi) is 6.68. The van der Waals surface area contributed by atoms with Crippen molar-refractivity contribution in [2.75, 3.05) is 19.6 Å². The molecule has 0 bridgehead atoms. The van der Waals surface area contributed by atoms with Crippen LogP contribution >= 0.6 is 0 Å². The molecule has 1 aliphatic carbocycles. The molecular formula is C18H31N3. The van der Waals surface area contributed by atoms with Crippen LogP contribution in [0.1, 0.15) is 44.2 Å². The maximum absolute atomic E-state index is 5.84. The average Bonchev–Trinajstić information content (AvgIpc) is 2.99. The highest BCUT2D eigenvalue weighted by Crippen LogP contribution is 2.24. The largest absolute Gasteiger partial charge is 0.330 e. The number of benzene rings is 1. The predicted molar refractivity (Wildman–Crippen MR) is 90.1 cm³/mol. The Hall–Kier alpha value is -0.900. The van der Waals surface area contributed by atoms with E-state index in [4.69, 9.17) is 5.73 Å². The van der Waals surface area contributed by atoms with E-state index >= 15 is 0 Å². The zero-order valence-corrected chi connectivity index (χ0v) is 13.6. The maximum atomic E-state index is 5.84. The highest BCUT2D eigenvalue weighted by atomic mass is 15.1. The molecule has 1 saturated carbocycles. The molecule has 0 spiro atoms. The van der Waals surface area contributed by atoms with E-state index in [0.29, 0.717) is 12.0 Å². The summed E-state index contributed by atoms with van der Waals surface area (Å²) in [7, 11) is 0. The van der Waals surface area contributed by atoms with E-state index in [1.54, 1.807) is 0 Å².